The van der Waals surface area contributed by atoms with Gasteiger partial charge in [0.15, 0.2) is 0 Å². The summed E-state index contributed by atoms with van der Waals surface area (Å²) in [6.07, 6.45) is 2.16. The summed E-state index contributed by atoms with van der Waals surface area (Å²) in [7, 11) is 0. The fraction of sp³-hybridized carbons (Fsp3) is 0.348. The molecule has 2 rings (SSSR count). The van der Waals surface area contributed by atoms with Gasteiger partial charge in [-0.25, -0.2) is 0 Å². The van der Waals surface area contributed by atoms with E-state index in [0.717, 1.165) is 24.0 Å². The van der Waals surface area contributed by atoms with Crippen LogP contribution in [0.15, 0.2) is 60.7 Å². The van der Waals surface area contributed by atoms with Crippen molar-refractivity contribution in [3.8, 4) is 0 Å². The molecule has 182 valence electrons. The van der Waals surface area contributed by atoms with Gasteiger partial charge < -0.3 is 38.3 Å². The smallest absolute Gasteiger partial charge is 0.321 e. The number of carbonyl (C=O) groups is 3. The number of rotatable bonds is 10. The lowest BCUT2D eigenvalue weighted by Crippen LogP contribution is -2.37. The van der Waals surface area contributed by atoms with E-state index in [9.17, 15) is 14.4 Å². The molecule has 0 amide bonds. The summed E-state index contributed by atoms with van der Waals surface area (Å²) in [6.45, 7) is 0.326. The van der Waals surface area contributed by atoms with Crippen LogP contribution in [0, 0.1) is 0 Å². The zero-order chi connectivity index (χ0) is 25.2. The number of carboxylic acids is 3. The average Bonchev–Trinajstić information content (AvgIpc) is 2.81. The Balaban J connectivity index is 0.000000576. The first kappa shape index (κ1) is 29.7. The van der Waals surface area contributed by atoms with E-state index in [1.807, 2.05) is 60.7 Å². The average molecular weight is 463 g/mol. The molecule has 0 bridgehead atoms. The number of nitrogens with two attached hydrogens (primary N) is 4. The molecule has 0 aliphatic rings. The Morgan fingerprint density at radius 1 is 0.727 bits per heavy atom. The lowest BCUT2D eigenvalue weighted by molar-refractivity contribution is -0.139. The molecule has 0 saturated heterocycles. The van der Waals surface area contributed by atoms with E-state index in [0.29, 0.717) is 13.0 Å². The fourth-order valence-electron chi connectivity index (χ4n) is 2.70. The maximum absolute atomic E-state index is 11.2. The first-order valence-electron chi connectivity index (χ1n) is 10.3. The molecule has 0 aromatic heterocycles. The van der Waals surface area contributed by atoms with Crippen LogP contribution in [0.1, 0.15) is 36.3 Å². The lowest BCUT2D eigenvalue weighted by Gasteiger charge is -2.21. The Morgan fingerprint density at radius 3 is 1.45 bits per heavy atom. The van der Waals surface area contributed by atoms with E-state index in [1.54, 1.807) is 0 Å². The molecule has 10 nitrogen and oxygen atoms in total. The molecular formula is C23H34N4O6. The minimum Gasteiger partial charge on any atom is -0.480 e. The number of aliphatic carboxylic acids is 3. The molecule has 2 aromatic rings. The van der Waals surface area contributed by atoms with Crippen LogP contribution < -0.4 is 22.9 Å². The van der Waals surface area contributed by atoms with Crippen LogP contribution >= 0.6 is 0 Å². The van der Waals surface area contributed by atoms with Crippen molar-refractivity contribution in [2.24, 2.45) is 22.9 Å². The molecule has 0 unspecified atom stereocenters. The summed E-state index contributed by atoms with van der Waals surface area (Å²) < 4.78 is 0. The van der Waals surface area contributed by atoms with Gasteiger partial charge in [0.25, 0.3) is 0 Å². The second-order valence-corrected chi connectivity index (χ2v) is 6.99. The zero-order valence-corrected chi connectivity index (χ0v) is 18.4. The molecule has 0 saturated carbocycles. The van der Waals surface area contributed by atoms with Crippen LogP contribution in [0.2, 0.25) is 0 Å². The maximum atomic E-state index is 11.2. The van der Waals surface area contributed by atoms with Crippen molar-refractivity contribution in [2.75, 3.05) is 13.1 Å². The van der Waals surface area contributed by atoms with Crippen LogP contribution in [0.5, 0.6) is 0 Å². The van der Waals surface area contributed by atoms with Crippen LogP contribution in [0.25, 0.3) is 0 Å². The van der Waals surface area contributed by atoms with Crippen molar-refractivity contribution in [1.29, 1.82) is 0 Å². The van der Waals surface area contributed by atoms with E-state index in [-0.39, 0.29) is 12.5 Å². The van der Waals surface area contributed by atoms with E-state index in [2.05, 4.69) is 5.73 Å². The van der Waals surface area contributed by atoms with Gasteiger partial charge in [-0.05, 0) is 30.5 Å². The van der Waals surface area contributed by atoms with Crippen molar-refractivity contribution < 1.29 is 29.7 Å². The van der Waals surface area contributed by atoms with Gasteiger partial charge in [-0.1, -0.05) is 67.1 Å². The summed E-state index contributed by atoms with van der Waals surface area (Å²) in [4.78, 5) is 30.5. The third-order valence-electron chi connectivity index (χ3n) is 4.42. The normalized spacial score (nSPS) is 11.8. The first-order chi connectivity index (χ1) is 15.6. The molecule has 0 aliphatic carbocycles. The predicted octanol–water partition coefficient (Wildman–Crippen LogP) is 0.787. The Hall–Kier alpha value is -3.31. The maximum Gasteiger partial charge on any atom is 0.321 e. The Bertz CT molecular complexity index is 781. The van der Waals surface area contributed by atoms with Gasteiger partial charge in [0, 0.05) is 5.92 Å². The second-order valence-electron chi connectivity index (χ2n) is 6.99. The minimum atomic E-state index is -0.993. The number of unbranched alkanes of at least 4 members (excludes halogenated alkanes) is 1. The molecule has 33 heavy (non-hydrogen) atoms. The minimum absolute atomic E-state index is 0.278. The van der Waals surface area contributed by atoms with Crippen molar-refractivity contribution in [3.63, 3.8) is 0 Å². The number of benzene rings is 2. The highest BCUT2D eigenvalue weighted by Crippen LogP contribution is 2.27. The molecule has 10 heteroatoms. The Labute approximate surface area is 193 Å². The third-order valence-corrected chi connectivity index (χ3v) is 4.42. The van der Waals surface area contributed by atoms with Crippen LogP contribution in [0.3, 0.4) is 0 Å². The number of hydrogen-bond donors (Lipinski definition) is 7. The first-order valence-corrected chi connectivity index (χ1v) is 10.3. The topological polar surface area (TPSA) is 216 Å². The Kier molecular flexibility index (Phi) is 15.5. The van der Waals surface area contributed by atoms with E-state index in [1.165, 1.54) is 0 Å². The van der Waals surface area contributed by atoms with Gasteiger partial charge >= 0.3 is 17.9 Å². The lowest BCUT2D eigenvalue weighted by atomic mass is 9.85. The molecule has 0 heterocycles. The second kappa shape index (κ2) is 17.3. The molecular weight excluding hydrogens is 428 g/mol. The summed E-state index contributed by atoms with van der Waals surface area (Å²) in [5, 5.41) is 25.1. The fourth-order valence-corrected chi connectivity index (χ4v) is 2.70. The van der Waals surface area contributed by atoms with E-state index in [4.69, 9.17) is 32.5 Å². The molecule has 0 aliphatic heterocycles. The Morgan fingerprint density at radius 2 is 1.15 bits per heavy atom. The highest BCUT2D eigenvalue weighted by atomic mass is 16.4. The third kappa shape index (κ3) is 13.0. The predicted molar refractivity (Wildman–Crippen MR) is 126 cm³/mol. The quantitative estimate of drug-likeness (QED) is 0.246. The van der Waals surface area contributed by atoms with Crippen LogP contribution in [-0.2, 0) is 14.4 Å². The van der Waals surface area contributed by atoms with Gasteiger partial charge in [0.05, 0.1) is 6.54 Å². The van der Waals surface area contributed by atoms with Crippen LogP contribution in [-0.4, -0.2) is 58.4 Å². The molecule has 0 spiro atoms. The van der Waals surface area contributed by atoms with Crippen molar-refractivity contribution in [1.82, 2.24) is 0 Å². The summed E-state index contributed by atoms with van der Waals surface area (Å²) in [5.41, 5.74) is 22.6. The highest BCUT2D eigenvalue weighted by molar-refractivity contribution is 5.75. The summed E-state index contributed by atoms with van der Waals surface area (Å²) in [6, 6.07) is 17.3. The highest BCUT2D eigenvalue weighted by Gasteiger charge is 2.27. The summed E-state index contributed by atoms with van der Waals surface area (Å²) in [5.74, 6) is -3.22. The standard InChI is InChI=1S/C15H15NO2.C6H14N2O2.C2H5NO2/c16-14(15(17)18)13(11-7-3-1-4-8-11)12-9-5-2-6-10-12;7-4-2-1-3-5(8)6(9)10;3-1-2(4)5/h1-10,13-14H,16H2,(H,17,18);5H,1-4,7-8H2,(H,9,10);1,3H2,(H,4,5)/t14-;5-;/m00./s1. The summed E-state index contributed by atoms with van der Waals surface area (Å²) >= 11 is 0. The van der Waals surface area contributed by atoms with Gasteiger partial charge in [-0.15, -0.1) is 0 Å². The molecule has 2 atom stereocenters. The van der Waals surface area contributed by atoms with Gasteiger partial charge in [0.2, 0.25) is 0 Å². The number of carboxylic acid groups (broad SMARTS) is 3. The molecule has 11 N–H and O–H groups in total. The molecule has 2 aromatic carbocycles. The monoisotopic (exact) mass is 462 g/mol. The largest absolute Gasteiger partial charge is 0.480 e. The molecule has 0 radical (unpaired) electrons. The van der Waals surface area contributed by atoms with Crippen molar-refractivity contribution in [3.05, 3.63) is 71.8 Å². The molecule has 0 fully saturated rings. The van der Waals surface area contributed by atoms with Crippen molar-refractivity contribution in [2.45, 2.75) is 37.3 Å². The van der Waals surface area contributed by atoms with E-state index >= 15 is 0 Å². The number of hydrogen-bond acceptors (Lipinski definition) is 7. The zero-order valence-electron chi connectivity index (χ0n) is 18.4. The van der Waals surface area contributed by atoms with Gasteiger partial charge in [0.1, 0.15) is 12.1 Å². The SMILES string of the molecule is NCC(=O)O.NCCCC[C@H](N)C(=O)O.N[C@H](C(=O)O)C(c1ccccc1)c1ccccc1. The van der Waals surface area contributed by atoms with Crippen LogP contribution in [0.4, 0.5) is 0 Å². The van der Waals surface area contributed by atoms with Crippen molar-refractivity contribution >= 4 is 17.9 Å². The van der Waals surface area contributed by atoms with E-state index < -0.39 is 30.0 Å². The van der Waals surface area contributed by atoms with Gasteiger partial charge in [-0.3, -0.25) is 14.4 Å². The van der Waals surface area contributed by atoms with Gasteiger partial charge in [-0.2, -0.15) is 0 Å².